The molecule has 0 aromatic rings. The lowest BCUT2D eigenvalue weighted by atomic mass is 10.1. The van der Waals surface area contributed by atoms with Crippen LogP contribution in [0.15, 0.2) is 0 Å². The predicted octanol–water partition coefficient (Wildman–Crippen LogP) is 1.76. The fraction of sp³-hybridized carbons (Fsp3) is 0.929. The van der Waals surface area contributed by atoms with E-state index >= 15 is 0 Å². The Balaban J connectivity index is 1.49. The molecule has 1 amide bonds. The minimum atomic E-state index is 0.128. The smallest absolute Gasteiger partial charge is 0.224 e. The SMILES string of the molecule is NC(CC(=O)N(CC1CC1)CC1CC1)C1CC1. The van der Waals surface area contributed by atoms with E-state index in [1.807, 2.05) is 0 Å². The van der Waals surface area contributed by atoms with Crippen LogP contribution in [0.5, 0.6) is 0 Å². The summed E-state index contributed by atoms with van der Waals surface area (Å²) in [6.07, 6.45) is 8.35. The molecule has 1 unspecified atom stereocenters. The van der Waals surface area contributed by atoms with Crippen LogP contribution in [0.4, 0.5) is 0 Å². The molecule has 3 aliphatic carbocycles. The highest BCUT2D eigenvalue weighted by atomic mass is 16.2. The van der Waals surface area contributed by atoms with E-state index in [4.69, 9.17) is 5.73 Å². The second kappa shape index (κ2) is 4.60. The number of hydrogen-bond acceptors (Lipinski definition) is 2. The second-order valence-electron chi connectivity index (χ2n) is 6.39. The van der Waals surface area contributed by atoms with Gasteiger partial charge < -0.3 is 10.6 Å². The van der Waals surface area contributed by atoms with Gasteiger partial charge in [-0.3, -0.25) is 4.79 Å². The van der Waals surface area contributed by atoms with E-state index in [-0.39, 0.29) is 6.04 Å². The van der Waals surface area contributed by atoms with Crippen LogP contribution in [0, 0.1) is 17.8 Å². The van der Waals surface area contributed by atoms with Gasteiger partial charge in [0, 0.05) is 25.6 Å². The van der Waals surface area contributed by atoms with Gasteiger partial charge in [0.05, 0.1) is 0 Å². The van der Waals surface area contributed by atoms with Crippen molar-refractivity contribution < 1.29 is 4.79 Å². The zero-order valence-corrected chi connectivity index (χ0v) is 10.6. The van der Waals surface area contributed by atoms with Gasteiger partial charge in [0.25, 0.3) is 0 Å². The largest absolute Gasteiger partial charge is 0.342 e. The molecular formula is C14H24N2O. The number of rotatable bonds is 7. The van der Waals surface area contributed by atoms with Gasteiger partial charge in [-0.15, -0.1) is 0 Å². The van der Waals surface area contributed by atoms with Gasteiger partial charge >= 0.3 is 0 Å². The maximum atomic E-state index is 12.3. The first-order chi connectivity index (χ1) is 8.22. The van der Waals surface area contributed by atoms with E-state index in [2.05, 4.69) is 4.90 Å². The highest BCUT2D eigenvalue weighted by Crippen LogP contribution is 2.35. The van der Waals surface area contributed by atoms with Gasteiger partial charge in [-0.05, 0) is 56.3 Å². The van der Waals surface area contributed by atoms with Crippen LogP contribution in [0.25, 0.3) is 0 Å². The van der Waals surface area contributed by atoms with Crippen molar-refractivity contribution in [1.82, 2.24) is 4.90 Å². The molecule has 3 aliphatic rings. The van der Waals surface area contributed by atoms with E-state index in [0.29, 0.717) is 18.2 Å². The first-order valence-corrected chi connectivity index (χ1v) is 7.25. The fourth-order valence-electron chi connectivity index (χ4n) is 2.52. The molecule has 1 atom stereocenters. The molecule has 0 aromatic heterocycles. The summed E-state index contributed by atoms with van der Waals surface area (Å²) in [5.41, 5.74) is 6.06. The molecule has 3 fully saturated rings. The summed E-state index contributed by atoms with van der Waals surface area (Å²) in [7, 11) is 0. The Labute approximate surface area is 104 Å². The number of nitrogens with zero attached hydrogens (tertiary/aromatic N) is 1. The molecule has 0 saturated heterocycles. The van der Waals surface area contributed by atoms with E-state index in [1.165, 1.54) is 38.5 Å². The topological polar surface area (TPSA) is 46.3 Å². The Morgan fingerprint density at radius 1 is 1.06 bits per heavy atom. The molecule has 3 nitrogen and oxygen atoms in total. The van der Waals surface area contributed by atoms with Crippen molar-refractivity contribution in [2.45, 2.75) is 51.0 Å². The third-order valence-electron chi connectivity index (χ3n) is 4.34. The number of nitrogens with two attached hydrogens (primary N) is 1. The van der Waals surface area contributed by atoms with Crippen LogP contribution in [0.2, 0.25) is 0 Å². The van der Waals surface area contributed by atoms with Gasteiger partial charge in [-0.25, -0.2) is 0 Å². The van der Waals surface area contributed by atoms with Gasteiger partial charge in [0.2, 0.25) is 5.91 Å². The molecule has 0 radical (unpaired) electrons. The third kappa shape index (κ3) is 3.44. The van der Waals surface area contributed by atoms with Crippen LogP contribution in [0.3, 0.4) is 0 Å². The Hall–Kier alpha value is -0.570. The molecule has 0 bridgehead atoms. The highest BCUT2D eigenvalue weighted by molar-refractivity contribution is 5.77. The Bertz CT molecular complexity index is 279. The molecule has 0 aromatic carbocycles. The Morgan fingerprint density at radius 2 is 1.59 bits per heavy atom. The van der Waals surface area contributed by atoms with Gasteiger partial charge in [-0.1, -0.05) is 0 Å². The van der Waals surface area contributed by atoms with Crippen molar-refractivity contribution in [1.29, 1.82) is 0 Å². The number of amides is 1. The zero-order chi connectivity index (χ0) is 11.8. The summed E-state index contributed by atoms with van der Waals surface area (Å²) in [5, 5.41) is 0. The molecule has 96 valence electrons. The average Bonchev–Trinajstić information content (AvgIpc) is 3.14. The predicted molar refractivity (Wildman–Crippen MR) is 67.3 cm³/mol. The van der Waals surface area contributed by atoms with E-state index in [9.17, 15) is 4.79 Å². The normalized spacial score (nSPS) is 25.7. The molecule has 3 saturated carbocycles. The van der Waals surface area contributed by atoms with Crippen molar-refractivity contribution in [2.75, 3.05) is 13.1 Å². The fourth-order valence-corrected chi connectivity index (χ4v) is 2.52. The average molecular weight is 236 g/mol. The monoisotopic (exact) mass is 236 g/mol. The van der Waals surface area contributed by atoms with E-state index in [1.54, 1.807) is 0 Å². The maximum absolute atomic E-state index is 12.3. The summed E-state index contributed by atoms with van der Waals surface area (Å²) in [5.74, 6) is 2.57. The standard InChI is InChI=1S/C14H24N2O/c15-13(12-5-6-12)7-14(17)16(8-10-1-2-10)9-11-3-4-11/h10-13H,1-9,15H2. The van der Waals surface area contributed by atoms with E-state index < -0.39 is 0 Å². The summed E-state index contributed by atoms with van der Waals surface area (Å²) < 4.78 is 0. The summed E-state index contributed by atoms with van der Waals surface area (Å²) in [4.78, 5) is 14.4. The van der Waals surface area contributed by atoms with Crippen molar-refractivity contribution in [2.24, 2.45) is 23.5 Å². The van der Waals surface area contributed by atoms with E-state index in [0.717, 1.165) is 24.9 Å². The van der Waals surface area contributed by atoms with Crippen LogP contribution in [-0.4, -0.2) is 29.9 Å². The summed E-state index contributed by atoms with van der Waals surface area (Å²) in [6.45, 7) is 2.01. The number of carbonyl (C=O) groups is 1. The number of hydrogen-bond donors (Lipinski definition) is 1. The van der Waals surface area contributed by atoms with Crippen LogP contribution >= 0.6 is 0 Å². The lowest BCUT2D eigenvalue weighted by Crippen LogP contribution is -2.39. The maximum Gasteiger partial charge on any atom is 0.224 e. The molecule has 0 spiro atoms. The Morgan fingerprint density at radius 3 is 2.00 bits per heavy atom. The summed E-state index contributed by atoms with van der Waals surface area (Å²) in [6, 6.07) is 0.128. The van der Waals surface area contributed by atoms with Gasteiger partial charge in [0.15, 0.2) is 0 Å². The first-order valence-electron chi connectivity index (χ1n) is 7.25. The highest BCUT2D eigenvalue weighted by Gasteiger charge is 2.34. The molecule has 0 heterocycles. The molecule has 3 heteroatoms. The van der Waals surface area contributed by atoms with Gasteiger partial charge in [-0.2, -0.15) is 0 Å². The minimum Gasteiger partial charge on any atom is -0.342 e. The lowest BCUT2D eigenvalue weighted by molar-refractivity contribution is -0.132. The molecule has 17 heavy (non-hydrogen) atoms. The molecule has 2 N–H and O–H groups in total. The molecule has 0 aliphatic heterocycles. The Kier molecular flexibility index (Phi) is 3.12. The van der Waals surface area contributed by atoms with Crippen molar-refractivity contribution in [3.05, 3.63) is 0 Å². The van der Waals surface area contributed by atoms with Gasteiger partial charge in [0.1, 0.15) is 0 Å². The quantitative estimate of drug-likeness (QED) is 0.732. The van der Waals surface area contributed by atoms with Crippen LogP contribution in [-0.2, 0) is 4.79 Å². The third-order valence-corrected chi connectivity index (χ3v) is 4.34. The first kappa shape index (κ1) is 11.5. The second-order valence-corrected chi connectivity index (χ2v) is 6.39. The lowest BCUT2D eigenvalue weighted by Gasteiger charge is -2.24. The van der Waals surface area contributed by atoms with Crippen molar-refractivity contribution >= 4 is 5.91 Å². The van der Waals surface area contributed by atoms with Crippen molar-refractivity contribution in [3.8, 4) is 0 Å². The number of carbonyl (C=O) groups excluding carboxylic acids is 1. The summed E-state index contributed by atoms with van der Waals surface area (Å²) >= 11 is 0. The molecular weight excluding hydrogens is 212 g/mol. The zero-order valence-electron chi connectivity index (χ0n) is 10.6. The van der Waals surface area contributed by atoms with Crippen LogP contribution < -0.4 is 5.73 Å². The molecule has 3 rings (SSSR count). The van der Waals surface area contributed by atoms with Crippen molar-refractivity contribution in [3.63, 3.8) is 0 Å². The van der Waals surface area contributed by atoms with Crippen LogP contribution in [0.1, 0.15) is 44.9 Å². The minimum absolute atomic E-state index is 0.128.